The van der Waals surface area contributed by atoms with E-state index >= 15 is 4.39 Å². The van der Waals surface area contributed by atoms with E-state index in [0.29, 0.717) is 43.9 Å². The van der Waals surface area contributed by atoms with Crippen LogP contribution in [0.5, 0.6) is 5.75 Å². The fraction of sp³-hybridized carbons (Fsp3) is 0.379. The van der Waals surface area contributed by atoms with Crippen LogP contribution in [0.1, 0.15) is 17.8 Å². The molecule has 1 amide bonds. The number of rotatable bonds is 14. The van der Waals surface area contributed by atoms with Crippen molar-refractivity contribution >= 4 is 39.6 Å². The molecule has 0 spiro atoms. The van der Waals surface area contributed by atoms with Gasteiger partial charge in [-0.25, -0.2) is 19.2 Å². The van der Waals surface area contributed by atoms with E-state index in [9.17, 15) is 9.59 Å². The number of aryl methyl sites for hydroxylation is 1. The number of carboxylic acids is 1. The van der Waals surface area contributed by atoms with E-state index in [1.165, 1.54) is 6.07 Å². The lowest BCUT2D eigenvalue weighted by Crippen LogP contribution is -2.38. The van der Waals surface area contributed by atoms with Crippen LogP contribution in [0.3, 0.4) is 0 Å². The standard InChI is InChI=1S/C29H35FN6O5/c1-34(2)17-24(37)35(16-19-8-6-11-22(26(19)30)41-18-25(38)39)13-7-14-36-23(12-15-40-3)33-27-28(36)20-9-4-5-10-21(20)32-29(27)31/h4-6,8-11H,7,12-18H2,1-3H3,(H2,31,32)(H,38,39). The number of nitrogens with zero attached hydrogens (tertiary/aromatic N) is 5. The minimum Gasteiger partial charge on any atom is -0.479 e. The molecule has 0 bridgehead atoms. The summed E-state index contributed by atoms with van der Waals surface area (Å²) >= 11 is 0. The number of halogens is 1. The number of benzene rings is 2. The van der Waals surface area contributed by atoms with Gasteiger partial charge in [0.25, 0.3) is 0 Å². The molecule has 0 fully saturated rings. The minimum atomic E-state index is -1.21. The maximum Gasteiger partial charge on any atom is 0.341 e. The average Bonchev–Trinajstić information content (AvgIpc) is 3.30. The van der Waals surface area contributed by atoms with Crippen molar-refractivity contribution in [3.8, 4) is 5.75 Å². The van der Waals surface area contributed by atoms with Crippen molar-refractivity contribution in [1.29, 1.82) is 0 Å². The fourth-order valence-corrected chi connectivity index (χ4v) is 4.75. The molecule has 3 N–H and O–H groups in total. The van der Waals surface area contributed by atoms with Crippen LogP contribution < -0.4 is 10.5 Å². The molecule has 11 nitrogen and oxygen atoms in total. The van der Waals surface area contributed by atoms with E-state index in [4.69, 9.17) is 25.3 Å². The maximum absolute atomic E-state index is 15.2. The molecule has 12 heteroatoms. The molecule has 2 aromatic carbocycles. The summed E-state index contributed by atoms with van der Waals surface area (Å²) < 4.78 is 27.7. The number of hydrogen-bond acceptors (Lipinski definition) is 8. The number of nitrogens with two attached hydrogens (primary N) is 1. The number of para-hydroxylation sites is 1. The molecule has 0 unspecified atom stereocenters. The topological polar surface area (TPSA) is 136 Å². The Morgan fingerprint density at radius 3 is 2.63 bits per heavy atom. The number of aromatic nitrogens is 3. The summed E-state index contributed by atoms with van der Waals surface area (Å²) in [5.41, 5.74) is 8.79. The number of carbonyl (C=O) groups is 2. The molecule has 0 aliphatic carbocycles. The zero-order valence-corrected chi connectivity index (χ0v) is 23.5. The van der Waals surface area contributed by atoms with Gasteiger partial charge in [-0.3, -0.25) is 4.79 Å². The number of imidazole rings is 1. The van der Waals surface area contributed by atoms with Crippen LogP contribution >= 0.6 is 0 Å². The first-order valence-electron chi connectivity index (χ1n) is 13.3. The monoisotopic (exact) mass is 566 g/mol. The molecule has 0 saturated carbocycles. The molecular formula is C29H35FN6O5. The van der Waals surface area contributed by atoms with Crippen molar-refractivity contribution in [2.45, 2.75) is 25.9 Å². The largest absolute Gasteiger partial charge is 0.479 e. The average molecular weight is 567 g/mol. The number of fused-ring (bicyclic) bond motifs is 3. The van der Waals surface area contributed by atoms with Gasteiger partial charge in [-0.1, -0.05) is 30.3 Å². The van der Waals surface area contributed by atoms with Gasteiger partial charge in [0.05, 0.1) is 24.2 Å². The van der Waals surface area contributed by atoms with Crippen LogP contribution in [0, 0.1) is 5.82 Å². The summed E-state index contributed by atoms with van der Waals surface area (Å²) in [6, 6.07) is 12.2. The number of amides is 1. The number of ether oxygens (including phenoxy) is 2. The highest BCUT2D eigenvalue weighted by atomic mass is 19.1. The van der Waals surface area contributed by atoms with Gasteiger partial charge < -0.3 is 34.7 Å². The fourth-order valence-electron chi connectivity index (χ4n) is 4.75. The second kappa shape index (κ2) is 13.4. The molecule has 2 aromatic heterocycles. The van der Waals surface area contributed by atoms with Gasteiger partial charge in [0.2, 0.25) is 5.91 Å². The molecule has 4 rings (SSSR count). The number of methoxy groups -OCH3 is 1. The zero-order chi connectivity index (χ0) is 29.5. The van der Waals surface area contributed by atoms with E-state index in [1.807, 2.05) is 24.3 Å². The minimum absolute atomic E-state index is 0.00375. The van der Waals surface area contributed by atoms with Crippen molar-refractivity contribution in [2.24, 2.45) is 0 Å². The van der Waals surface area contributed by atoms with Crippen molar-refractivity contribution in [3.05, 3.63) is 59.7 Å². The van der Waals surface area contributed by atoms with Crippen LogP contribution in [0.2, 0.25) is 0 Å². The normalized spacial score (nSPS) is 11.4. The Bertz CT molecular complexity index is 1540. The Kier molecular flexibility index (Phi) is 9.69. The van der Waals surface area contributed by atoms with Gasteiger partial charge in [-0.05, 0) is 32.6 Å². The maximum atomic E-state index is 15.2. The van der Waals surface area contributed by atoms with Gasteiger partial charge in [-0.2, -0.15) is 0 Å². The van der Waals surface area contributed by atoms with Crippen molar-refractivity contribution in [3.63, 3.8) is 0 Å². The van der Waals surface area contributed by atoms with Crippen LogP contribution in [0.25, 0.3) is 21.9 Å². The molecule has 4 aromatic rings. The SMILES string of the molecule is COCCc1nc2c(N)nc3ccccc3c2n1CCCN(Cc1cccc(OCC(=O)O)c1F)C(=O)CN(C)C. The number of carbonyl (C=O) groups excluding carboxylic acids is 1. The van der Waals surface area contributed by atoms with E-state index in [0.717, 1.165) is 22.2 Å². The molecule has 218 valence electrons. The summed E-state index contributed by atoms with van der Waals surface area (Å²) in [6.07, 6.45) is 1.12. The Morgan fingerprint density at radius 2 is 1.90 bits per heavy atom. The molecule has 2 heterocycles. The van der Waals surface area contributed by atoms with Crippen molar-refractivity contribution < 1.29 is 28.6 Å². The summed E-state index contributed by atoms with van der Waals surface area (Å²) in [5, 5.41) is 9.82. The molecule has 0 radical (unpaired) electrons. The molecule has 0 atom stereocenters. The Balaban J connectivity index is 1.61. The number of hydrogen-bond donors (Lipinski definition) is 2. The van der Waals surface area contributed by atoms with Gasteiger partial charge in [0, 0.05) is 44.1 Å². The first-order chi connectivity index (χ1) is 19.7. The quantitative estimate of drug-likeness (QED) is 0.236. The third-order valence-electron chi connectivity index (χ3n) is 6.59. The summed E-state index contributed by atoms with van der Waals surface area (Å²) in [5.74, 6) is -1.09. The molecule has 0 aliphatic heterocycles. The van der Waals surface area contributed by atoms with E-state index in [2.05, 4.69) is 9.55 Å². The van der Waals surface area contributed by atoms with Crippen LogP contribution in [0.4, 0.5) is 10.2 Å². The second-order valence-electron chi connectivity index (χ2n) is 9.95. The molecule has 41 heavy (non-hydrogen) atoms. The zero-order valence-electron chi connectivity index (χ0n) is 23.5. The van der Waals surface area contributed by atoms with Crippen molar-refractivity contribution in [2.75, 3.05) is 53.2 Å². The lowest BCUT2D eigenvalue weighted by atomic mass is 10.1. The highest BCUT2D eigenvalue weighted by Crippen LogP contribution is 2.29. The molecular weight excluding hydrogens is 531 g/mol. The number of pyridine rings is 1. The summed E-state index contributed by atoms with van der Waals surface area (Å²) in [7, 11) is 5.22. The lowest BCUT2D eigenvalue weighted by Gasteiger charge is -2.25. The third-order valence-corrected chi connectivity index (χ3v) is 6.59. The second-order valence-corrected chi connectivity index (χ2v) is 9.95. The predicted octanol–water partition coefficient (Wildman–Crippen LogP) is 2.94. The number of likely N-dealkylation sites (N-methyl/N-ethyl adjacent to an activating group) is 1. The molecule has 0 saturated heterocycles. The van der Waals surface area contributed by atoms with Crippen LogP contribution in [-0.2, 0) is 33.8 Å². The summed E-state index contributed by atoms with van der Waals surface area (Å²) in [4.78, 5) is 36.7. The van der Waals surface area contributed by atoms with Gasteiger partial charge in [0.15, 0.2) is 24.0 Å². The van der Waals surface area contributed by atoms with Crippen molar-refractivity contribution in [1.82, 2.24) is 24.3 Å². The number of aliphatic carboxylic acids is 1. The lowest BCUT2D eigenvalue weighted by molar-refractivity contribution is -0.139. The Morgan fingerprint density at radius 1 is 1.12 bits per heavy atom. The number of carboxylic acid groups (broad SMARTS) is 1. The highest BCUT2D eigenvalue weighted by molar-refractivity contribution is 6.06. The Labute approximate surface area is 237 Å². The Hall–Kier alpha value is -4.29. The van der Waals surface area contributed by atoms with Gasteiger partial charge >= 0.3 is 5.97 Å². The van der Waals surface area contributed by atoms with Gasteiger partial charge in [0.1, 0.15) is 11.3 Å². The van der Waals surface area contributed by atoms with E-state index in [-0.39, 0.29) is 30.3 Å². The number of nitrogen functional groups attached to an aromatic ring is 1. The van der Waals surface area contributed by atoms with Gasteiger partial charge in [-0.15, -0.1) is 0 Å². The van der Waals surface area contributed by atoms with E-state index < -0.39 is 18.4 Å². The summed E-state index contributed by atoms with van der Waals surface area (Å²) in [6.45, 7) is 0.831. The van der Waals surface area contributed by atoms with Crippen LogP contribution in [-0.4, -0.2) is 88.8 Å². The smallest absolute Gasteiger partial charge is 0.341 e. The van der Waals surface area contributed by atoms with E-state index in [1.54, 1.807) is 43.1 Å². The third kappa shape index (κ3) is 7.08. The predicted molar refractivity (Wildman–Crippen MR) is 153 cm³/mol. The highest BCUT2D eigenvalue weighted by Gasteiger charge is 2.21. The first kappa shape index (κ1) is 29.7. The number of anilines is 1. The first-order valence-corrected chi connectivity index (χ1v) is 13.3. The van der Waals surface area contributed by atoms with Crippen LogP contribution in [0.15, 0.2) is 42.5 Å². The molecule has 0 aliphatic rings.